The van der Waals surface area contributed by atoms with Crippen LogP contribution < -0.4 is 5.73 Å². The van der Waals surface area contributed by atoms with E-state index < -0.39 is 9.84 Å². The number of carbonyl (C=O) groups excluding carboxylic acids is 1. The molecule has 0 aliphatic carbocycles. The maximum atomic E-state index is 12.2. The predicted molar refractivity (Wildman–Crippen MR) is 80.0 cm³/mol. The van der Waals surface area contributed by atoms with Crippen molar-refractivity contribution in [2.45, 2.75) is 6.42 Å². The summed E-state index contributed by atoms with van der Waals surface area (Å²) in [7, 11) is -1.46. The Morgan fingerprint density at radius 1 is 1.30 bits per heavy atom. The molecule has 1 aromatic rings. The molecular formula is C14H22N2O3S. The van der Waals surface area contributed by atoms with Crippen molar-refractivity contribution < 1.29 is 13.2 Å². The Balaban J connectivity index is 2.62. The van der Waals surface area contributed by atoms with Crippen molar-refractivity contribution in [1.82, 2.24) is 4.90 Å². The highest BCUT2D eigenvalue weighted by atomic mass is 32.2. The molecule has 1 unspecified atom stereocenters. The zero-order valence-electron chi connectivity index (χ0n) is 12.0. The van der Waals surface area contributed by atoms with Gasteiger partial charge in [0.1, 0.15) is 9.84 Å². The molecular weight excluding hydrogens is 276 g/mol. The average molecular weight is 298 g/mol. The van der Waals surface area contributed by atoms with E-state index in [1.165, 1.54) is 4.90 Å². The number of hydrogen-bond acceptors (Lipinski definition) is 4. The fraction of sp³-hybridized carbons (Fsp3) is 0.500. The molecule has 20 heavy (non-hydrogen) atoms. The average Bonchev–Trinajstić information content (AvgIpc) is 2.41. The summed E-state index contributed by atoms with van der Waals surface area (Å²) in [5.41, 5.74) is 6.72. The molecule has 1 atom stereocenters. The van der Waals surface area contributed by atoms with E-state index >= 15 is 0 Å². The minimum absolute atomic E-state index is 0.0299. The number of nitrogens with zero attached hydrogens (tertiary/aromatic N) is 1. The Hall–Kier alpha value is -1.40. The van der Waals surface area contributed by atoms with Gasteiger partial charge in [-0.15, -0.1) is 0 Å². The van der Waals surface area contributed by atoms with Crippen molar-refractivity contribution >= 4 is 15.7 Å². The normalized spacial score (nSPS) is 12.9. The Kier molecular flexibility index (Phi) is 6.16. The number of carbonyl (C=O) groups is 1. The highest BCUT2D eigenvalue weighted by Gasteiger charge is 2.21. The summed E-state index contributed by atoms with van der Waals surface area (Å²) < 4.78 is 22.3. The molecule has 0 fully saturated rings. The van der Waals surface area contributed by atoms with E-state index in [0.29, 0.717) is 6.42 Å². The van der Waals surface area contributed by atoms with Crippen molar-refractivity contribution in [2.24, 2.45) is 11.7 Å². The van der Waals surface area contributed by atoms with Crippen molar-refractivity contribution in [2.75, 3.05) is 32.1 Å². The number of sulfone groups is 1. The van der Waals surface area contributed by atoms with E-state index in [1.54, 1.807) is 7.05 Å². The van der Waals surface area contributed by atoms with E-state index in [-0.39, 0.29) is 30.7 Å². The van der Waals surface area contributed by atoms with Gasteiger partial charge in [0.25, 0.3) is 0 Å². The van der Waals surface area contributed by atoms with Crippen LogP contribution in [0, 0.1) is 5.92 Å². The van der Waals surface area contributed by atoms with Gasteiger partial charge in [-0.1, -0.05) is 30.3 Å². The van der Waals surface area contributed by atoms with Gasteiger partial charge in [-0.25, -0.2) is 8.42 Å². The zero-order valence-corrected chi connectivity index (χ0v) is 12.8. The highest BCUT2D eigenvalue weighted by Crippen LogP contribution is 2.10. The van der Waals surface area contributed by atoms with Gasteiger partial charge in [0.2, 0.25) is 5.91 Å². The molecule has 1 amide bonds. The smallest absolute Gasteiger partial charge is 0.227 e. The largest absolute Gasteiger partial charge is 0.344 e. The van der Waals surface area contributed by atoms with Crippen LogP contribution >= 0.6 is 0 Å². The van der Waals surface area contributed by atoms with Crippen molar-refractivity contribution in [1.29, 1.82) is 0 Å². The lowest BCUT2D eigenvalue weighted by Crippen LogP contribution is -2.39. The van der Waals surface area contributed by atoms with Crippen LogP contribution in [0.25, 0.3) is 0 Å². The van der Waals surface area contributed by atoms with Gasteiger partial charge in [0, 0.05) is 26.4 Å². The van der Waals surface area contributed by atoms with Gasteiger partial charge < -0.3 is 10.6 Å². The molecule has 2 N–H and O–H groups in total. The maximum Gasteiger partial charge on any atom is 0.227 e. The lowest BCUT2D eigenvalue weighted by Gasteiger charge is -2.22. The molecule has 0 aliphatic rings. The third kappa shape index (κ3) is 5.71. The maximum absolute atomic E-state index is 12.2. The first-order valence-electron chi connectivity index (χ1n) is 6.50. The molecule has 5 nitrogen and oxygen atoms in total. The van der Waals surface area contributed by atoms with Gasteiger partial charge >= 0.3 is 0 Å². The van der Waals surface area contributed by atoms with Crippen LogP contribution in [0.3, 0.4) is 0 Å². The summed E-state index contributed by atoms with van der Waals surface area (Å²) in [5.74, 6) is -0.459. The number of nitrogens with two attached hydrogens (primary N) is 1. The number of hydrogen-bond donors (Lipinski definition) is 1. The fourth-order valence-electron chi connectivity index (χ4n) is 1.89. The molecule has 0 radical (unpaired) electrons. The molecule has 1 rings (SSSR count). The van der Waals surface area contributed by atoms with Crippen LogP contribution in [0.1, 0.15) is 5.56 Å². The summed E-state index contributed by atoms with van der Waals surface area (Å²) >= 11 is 0. The van der Waals surface area contributed by atoms with E-state index in [1.807, 2.05) is 30.3 Å². The van der Waals surface area contributed by atoms with Crippen LogP contribution in [0.4, 0.5) is 0 Å². The zero-order chi connectivity index (χ0) is 15.2. The standard InChI is InChI=1S/C14H22N2O3S/c1-16(8-9-20(2,18)19)14(17)13(11-15)10-12-6-4-3-5-7-12/h3-7,13H,8-11,15H2,1-2H3. The summed E-state index contributed by atoms with van der Waals surface area (Å²) in [6.45, 7) is 0.444. The summed E-state index contributed by atoms with van der Waals surface area (Å²) in [4.78, 5) is 13.7. The molecule has 6 heteroatoms. The lowest BCUT2D eigenvalue weighted by molar-refractivity contribution is -0.133. The minimum atomic E-state index is -3.07. The Morgan fingerprint density at radius 2 is 1.90 bits per heavy atom. The fourth-order valence-corrected chi connectivity index (χ4v) is 2.50. The van der Waals surface area contributed by atoms with Gasteiger partial charge in [-0.05, 0) is 12.0 Å². The molecule has 0 aliphatic heterocycles. The second-order valence-electron chi connectivity index (χ2n) is 5.01. The van der Waals surface area contributed by atoms with Crippen LogP contribution in [0.5, 0.6) is 0 Å². The quantitative estimate of drug-likeness (QED) is 0.785. The monoisotopic (exact) mass is 298 g/mol. The molecule has 0 aromatic heterocycles. The highest BCUT2D eigenvalue weighted by molar-refractivity contribution is 7.90. The van der Waals surface area contributed by atoms with Crippen molar-refractivity contribution in [3.05, 3.63) is 35.9 Å². The van der Waals surface area contributed by atoms with Gasteiger partial charge in [0.15, 0.2) is 0 Å². The summed E-state index contributed by atoms with van der Waals surface area (Å²) in [6, 6.07) is 9.65. The second kappa shape index (κ2) is 7.40. The first-order valence-corrected chi connectivity index (χ1v) is 8.56. The second-order valence-corrected chi connectivity index (χ2v) is 7.27. The minimum Gasteiger partial charge on any atom is -0.344 e. The molecule has 0 bridgehead atoms. The molecule has 0 heterocycles. The summed E-state index contributed by atoms with van der Waals surface area (Å²) in [6.07, 6.45) is 1.73. The van der Waals surface area contributed by atoms with Crippen molar-refractivity contribution in [3.8, 4) is 0 Å². The molecule has 0 saturated carbocycles. The first kappa shape index (κ1) is 16.7. The third-order valence-corrected chi connectivity index (χ3v) is 4.06. The number of amides is 1. The van der Waals surface area contributed by atoms with E-state index in [2.05, 4.69) is 0 Å². The van der Waals surface area contributed by atoms with E-state index in [9.17, 15) is 13.2 Å². The molecule has 112 valence electrons. The lowest BCUT2D eigenvalue weighted by atomic mass is 9.98. The topological polar surface area (TPSA) is 80.5 Å². The Labute approximate surface area is 120 Å². The number of benzene rings is 1. The van der Waals surface area contributed by atoms with Crippen LogP contribution in [0.2, 0.25) is 0 Å². The third-order valence-electron chi connectivity index (χ3n) is 3.13. The molecule has 0 spiro atoms. The molecule has 0 saturated heterocycles. The number of rotatable bonds is 7. The first-order chi connectivity index (χ1) is 9.33. The van der Waals surface area contributed by atoms with Crippen molar-refractivity contribution in [3.63, 3.8) is 0 Å². The van der Waals surface area contributed by atoms with Crippen LogP contribution in [-0.2, 0) is 21.1 Å². The van der Waals surface area contributed by atoms with E-state index in [4.69, 9.17) is 5.73 Å². The Morgan fingerprint density at radius 3 is 2.40 bits per heavy atom. The van der Waals surface area contributed by atoms with Gasteiger partial charge in [0.05, 0.1) is 11.7 Å². The van der Waals surface area contributed by atoms with Crippen LogP contribution in [0.15, 0.2) is 30.3 Å². The molecule has 1 aromatic carbocycles. The Bertz CT molecular complexity index is 529. The van der Waals surface area contributed by atoms with E-state index in [0.717, 1.165) is 11.8 Å². The van der Waals surface area contributed by atoms with Crippen LogP contribution in [-0.4, -0.2) is 51.4 Å². The predicted octanol–water partition coefficient (Wildman–Crippen LogP) is 0.307. The SMILES string of the molecule is CN(CCS(C)(=O)=O)C(=O)C(CN)Cc1ccccc1. The van der Waals surface area contributed by atoms with Gasteiger partial charge in [-0.2, -0.15) is 0 Å². The van der Waals surface area contributed by atoms with Gasteiger partial charge in [-0.3, -0.25) is 4.79 Å². The summed E-state index contributed by atoms with van der Waals surface area (Å²) in [5, 5.41) is 0.